The van der Waals surface area contributed by atoms with E-state index in [0.29, 0.717) is 30.9 Å². The molecule has 2 fully saturated rings. The number of para-hydroxylation sites is 1. The van der Waals surface area contributed by atoms with Crippen LogP contribution in [0.15, 0.2) is 48.5 Å². The highest BCUT2D eigenvalue weighted by Gasteiger charge is 2.43. The molecule has 32 heavy (non-hydrogen) atoms. The second kappa shape index (κ2) is 9.37. The van der Waals surface area contributed by atoms with E-state index in [2.05, 4.69) is 0 Å². The monoisotopic (exact) mass is 480 g/mol. The minimum Gasteiger partial charge on any atom is -0.369 e. The Balaban J connectivity index is 1.70. The molecule has 9 heteroatoms. The van der Waals surface area contributed by atoms with E-state index in [4.69, 9.17) is 16.3 Å². The molecule has 1 aliphatic heterocycles. The normalized spacial score (nSPS) is 20.3. The summed E-state index contributed by atoms with van der Waals surface area (Å²) >= 11 is 6.02. The van der Waals surface area contributed by atoms with Crippen molar-refractivity contribution in [2.75, 3.05) is 24.1 Å². The zero-order chi connectivity index (χ0) is 22.9. The minimum atomic E-state index is -3.75. The lowest BCUT2D eigenvalue weighted by molar-refractivity contribution is -0.152. The van der Waals surface area contributed by atoms with Crippen LogP contribution < -0.4 is 4.31 Å². The van der Waals surface area contributed by atoms with Crippen LogP contribution in [0.4, 0.5) is 10.1 Å². The summed E-state index contributed by atoms with van der Waals surface area (Å²) in [5.74, 6) is -0.825. The number of carbonyl (C=O) groups excluding carboxylic acids is 1. The molecule has 1 heterocycles. The molecule has 1 amide bonds. The van der Waals surface area contributed by atoms with Gasteiger partial charge < -0.3 is 9.64 Å². The molecule has 4 rings (SSSR count). The molecular weight excluding hydrogens is 455 g/mol. The Morgan fingerprint density at radius 3 is 2.50 bits per heavy atom. The van der Waals surface area contributed by atoms with Crippen LogP contribution in [-0.4, -0.2) is 50.3 Å². The number of morpholine rings is 1. The molecule has 0 unspecified atom stereocenters. The standard InChI is InChI=1S/C23H26ClFN2O4S/c1-2-18(27-22(14-31-15-23(27)28)16-7-9-17(24)10-8-16)13-26(32(29,30)19-11-12-19)21-6-4-3-5-20(21)25/h3-10,18-19,22H,2,11-15H2,1H3/t18-,22-/m0/s1. The maximum atomic E-state index is 14.7. The lowest BCUT2D eigenvalue weighted by Gasteiger charge is -2.42. The molecule has 0 aromatic heterocycles. The first-order valence-corrected chi connectivity index (χ1v) is 12.6. The van der Waals surface area contributed by atoms with Gasteiger partial charge in [0.25, 0.3) is 0 Å². The van der Waals surface area contributed by atoms with Crippen LogP contribution >= 0.6 is 11.6 Å². The highest BCUT2D eigenvalue weighted by atomic mass is 35.5. The van der Waals surface area contributed by atoms with Crippen molar-refractivity contribution >= 4 is 33.2 Å². The Labute approximate surface area is 193 Å². The van der Waals surface area contributed by atoms with Crippen molar-refractivity contribution in [3.63, 3.8) is 0 Å². The summed E-state index contributed by atoms with van der Waals surface area (Å²) < 4.78 is 47.9. The van der Waals surface area contributed by atoms with Gasteiger partial charge in [0.1, 0.15) is 12.4 Å². The number of amides is 1. The molecule has 2 atom stereocenters. The third-order valence-corrected chi connectivity index (χ3v) is 8.52. The van der Waals surface area contributed by atoms with Crippen molar-refractivity contribution in [3.8, 4) is 0 Å². The molecule has 0 bridgehead atoms. The van der Waals surface area contributed by atoms with Gasteiger partial charge in [-0.1, -0.05) is 42.8 Å². The van der Waals surface area contributed by atoms with Crippen molar-refractivity contribution in [1.29, 1.82) is 0 Å². The van der Waals surface area contributed by atoms with Gasteiger partial charge in [0.2, 0.25) is 15.9 Å². The van der Waals surface area contributed by atoms with E-state index in [1.807, 2.05) is 19.1 Å². The zero-order valence-corrected chi connectivity index (χ0v) is 19.4. The number of nitrogens with zero attached hydrogens (tertiary/aromatic N) is 2. The van der Waals surface area contributed by atoms with E-state index >= 15 is 0 Å². The van der Waals surface area contributed by atoms with Crippen LogP contribution in [-0.2, 0) is 19.6 Å². The quantitative estimate of drug-likeness (QED) is 0.569. The summed E-state index contributed by atoms with van der Waals surface area (Å²) in [4.78, 5) is 14.7. The van der Waals surface area contributed by atoms with Crippen molar-refractivity contribution in [2.24, 2.45) is 0 Å². The summed E-state index contributed by atoms with van der Waals surface area (Å²) in [6.07, 6.45) is 1.63. The molecule has 0 spiro atoms. The van der Waals surface area contributed by atoms with Crippen LogP contribution in [0.3, 0.4) is 0 Å². The number of ether oxygens (including phenoxy) is 1. The van der Waals surface area contributed by atoms with Gasteiger partial charge in [-0.25, -0.2) is 12.8 Å². The topological polar surface area (TPSA) is 66.9 Å². The molecule has 172 valence electrons. The molecule has 0 N–H and O–H groups in total. The first kappa shape index (κ1) is 23.0. The Hall–Kier alpha value is -2.16. The van der Waals surface area contributed by atoms with Gasteiger partial charge in [0.15, 0.2) is 0 Å². The van der Waals surface area contributed by atoms with Crippen molar-refractivity contribution in [1.82, 2.24) is 4.90 Å². The van der Waals surface area contributed by atoms with Crippen LogP contribution in [0.25, 0.3) is 0 Å². The average molecular weight is 481 g/mol. The lowest BCUT2D eigenvalue weighted by Crippen LogP contribution is -2.54. The first-order valence-electron chi connectivity index (χ1n) is 10.7. The van der Waals surface area contributed by atoms with Crippen molar-refractivity contribution in [3.05, 3.63) is 64.9 Å². The van der Waals surface area contributed by atoms with Gasteiger partial charge in [0.05, 0.1) is 36.2 Å². The number of hydrogen-bond acceptors (Lipinski definition) is 4. The number of halogens is 2. The fourth-order valence-electron chi connectivity index (χ4n) is 4.13. The van der Waals surface area contributed by atoms with E-state index in [1.54, 1.807) is 23.1 Å². The molecule has 0 radical (unpaired) electrons. The van der Waals surface area contributed by atoms with Gasteiger partial charge in [-0.3, -0.25) is 9.10 Å². The molecular formula is C23H26ClFN2O4S. The zero-order valence-electron chi connectivity index (χ0n) is 17.8. The fourth-order valence-corrected chi connectivity index (χ4v) is 6.15. The Morgan fingerprint density at radius 1 is 1.19 bits per heavy atom. The summed E-state index contributed by atoms with van der Waals surface area (Å²) in [5.41, 5.74) is 0.866. The van der Waals surface area contributed by atoms with Crippen molar-refractivity contribution < 1.29 is 22.3 Å². The summed E-state index contributed by atoms with van der Waals surface area (Å²) in [7, 11) is -3.75. The molecule has 2 aromatic carbocycles. The lowest BCUT2D eigenvalue weighted by atomic mass is 10.0. The van der Waals surface area contributed by atoms with Crippen LogP contribution in [0.5, 0.6) is 0 Å². The molecule has 1 saturated carbocycles. The maximum absolute atomic E-state index is 14.7. The number of sulfonamides is 1. The molecule has 6 nitrogen and oxygen atoms in total. The number of carbonyl (C=O) groups is 1. The number of anilines is 1. The minimum absolute atomic E-state index is 0.0154. The van der Waals surface area contributed by atoms with E-state index in [9.17, 15) is 17.6 Å². The van der Waals surface area contributed by atoms with E-state index in [-0.39, 0.29) is 30.8 Å². The first-order chi connectivity index (χ1) is 15.3. The van der Waals surface area contributed by atoms with Crippen molar-refractivity contribution in [2.45, 2.75) is 43.5 Å². The molecule has 1 saturated heterocycles. The largest absolute Gasteiger partial charge is 0.369 e. The number of benzene rings is 2. The second-order valence-corrected chi connectivity index (χ2v) is 10.7. The Kier molecular flexibility index (Phi) is 6.74. The summed E-state index contributed by atoms with van der Waals surface area (Å²) in [6.45, 7) is 2.09. The predicted molar refractivity (Wildman–Crippen MR) is 122 cm³/mol. The van der Waals surface area contributed by atoms with E-state index < -0.39 is 27.1 Å². The SMILES string of the molecule is CC[C@@H](CN(c1ccccc1F)S(=O)(=O)C1CC1)N1C(=O)COC[C@H]1c1ccc(Cl)cc1. The third kappa shape index (κ3) is 4.63. The van der Waals surface area contributed by atoms with E-state index in [0.717, 1.165) is 9.87 Å². The van der Waals surface area contributed by atoms with Gasteiger partial charge in [-0.05, 0) is 49.1 Å². The molecule has 2 aromatic rings. The predicted octanol–water partition coefficient (Wildman–Crippen LogP) is 4.16. The average Bonchev–Trinajstić information content (AvgIpc) is 3.62. The summed E-state index contributed by atoms with van der Waals surface area (Å²) in [6, 6.07) is 12.2. The van der Waals surface area contributed by atoms with E-state index in [1.165, 1.54) is 18.2 Å². The second-order valence-electron chi connectivity index (χ2n) is 8.17. The number of hydrogen-bond donors (Lipinski definition) is 0. The molecule has 2 aliphatic rings. The fraction of sp³-hybridized carbons (Fsp3) is 0.435. The highest BCUT2D eigenvalue weighted by Crippen LogP contribution is 2.36. The summed E-state index contributed by atoms with van der Waals surface area (Å²) in [5, 5.41) is 0.0729. The number of rotatable bonds is 8. The Bertz CT molecular complexity index is 1080. The Morgan fingerprint density at radius 2 is 1.88 bits per heavy atom. The van der Waals surface area contributed by atoms with Crippen LogP contribution in [0, 0.1) is 5.82 Å². The van der Waals surface area contributed by atoms with Crippen LogP contribution in [0.2, 0.25) is 5.02 Å². The van der Waals surface area contributed by atoms with Gasteiger partial charge in [-0.15, -0.1) is 0 Å². The smallest absolute Gasteiger partial charge is 0.249 e. The van der Waals surface area contributed by atoms with Gasteiger partial charge >= 0.3 is 0 Å². The van der Waals surface area contributed by atoms with Gasteiger partial charge in [-0.2, -0.15) is 0 Å². The van der Waals surface area contributed by atoms with Gasteiger partial charge in [0, 0.05) is 5.02 Å². The molecule has 1 aliphatic carbocycles. The van der Waals surface area contributed by atoms with Crippen LogP contribution in [0.1, 0.15) is 37.8 Å². The maximum Gasteiger partial charge on any atom is 0.249 e. The highest BCUT2D eigenvalue weighted by molar-refractivity contribution is 7.93. The third-order valence-electron chi connectivity index (χ3n) is 5.99.